The third kappa shape index (κ3) is 3.13. The van der Waals surface area contributed by atoms with Crippen molar-refractivity contribution in [2.45, 2.75) is 22.7 Å². The van der Waals surface area contributed by atoms with Gasteiger partial charge in [0.05, 0.1) is 4.08 Å². The summed E-state index contributed by atoms with van der Waals surface area (Å²) in [5, 5.41) is 9.93. The van der Waals surface area contributed by atoms with Gasteiger partial charge >= 0.3 is 0 Å². The van der Waals surface area contributed by atoms with E-state index in [4.69, 9.17) is 40.2 Å². The molecule has 0 radical (unpaired) electrons. The maximum atomic E-state index is 7.69. The van der Waals surface area contributed by atoms with E-state index in [1.165, 1.54) is 6.21 Å². The van der Waals surface area contributed by atoms with Crippen molar-refractivity contribution in [3.05, 3.63) is 32.8 Å². The standard InChI is InChI=1S/C12H12Cl3NS2/c1-7-5-17-12(6-16,18-7)4-9-10(14)2-8(13)3-11(9)15/h2-3,6-7,16H,4-5H2,1H3. The van der Waals surface area contributed by atoms with Gasteiger partial charge < -0.3 is 5.41 Å². The van der Waals surface area contributed by atoms with Crippen molar-refractivity contribution in [3.63, 3.8) is 0 Å². The summed E-state index contributed by atoms with van der Waals surface area (Å²) in [4.78, 5) is 0. The van der Waals surface area contributed by atoms with Crippen molar-refractivity contribution in [3.8, 4) is 0 Å². The number of halogens is 3. The van der Waals surface area contributed by atoms with Gasteiger partial charge in [-0.15, -0.1) is 23.5 Å². The SMILES string of the molecule is CC1CSC(C=N)(Cc2c(Cl)cc(Cl)cc2Cl)S1. The highest BCUT2D eigenvalue weighted by molar-refractivity contribution is 8.22. The molecule has 2 atom stereocenters. The van der Waals surface area contributed by atoms with Crippen LogP contribution in [0.2, 0.25) is 15.1 Å². The fourth-order valence-corrected chi connectivity index (χ4v) is 6.09. The molecule has 1 aromatic carbocycles. The summed E-state index contributed by atoms with van der Waals surface area (Å²) in [5.74, 6) is 1.04. The minimum Gasteiger partial charge on any atom is -0.311 e. The van der Waals surface area contributed by atoms with E-state index in [1.807, 2.05) is 0 Å². The van der Waals surface area contributed by atoms with E-state index in [2.05, 4.69) is 6.92 Å². The lowest BCUT2D eigenvalue weighted by atomic mass is 10.1. The first-order chi connectivity index (χ1) is 8.46. The maximum absolute atomic E-state index is 7.69. The number of nitrogens with one attached hydrogen (secondary N) is 1. The molecule has 1 heterocycles. The van der Waals surface area contributed by atoms with Crippen LogP contribution < -0.4 is 0 Å². The predicted octanol–water partition coefficient (Wildman–Crippen LogP) is 5.40. The monoisotopic (exact) mass is 339 g/mol. The molecule has 1 N–H and O–H groups in total. The molecule has 0 bridgehead atoms. The molecular weight excluding hydrogens is 329 g/mol. The molecule has 1 aromatic rings. The fraction of sp³-hybridized carbons (Fsp3) is 0.417. The predicted molar refractivity (Wildman–Crippen MR) is 86.2 cm³/mol. The Morgan fingerprint density at radius 2 is 2.00 bits per heavy atom. The molecule has 1 fully saturated rings. The zero-order valence-corrected chi connectivity index (χ0v) is 13.6. The number of hydrogen-bond donors (Lipinski definition) is 1. The third-order valence-electron chi connectivity index (χ3n) is 2.71. The second-order valence-corrected chi connectivity index (χ2v) is 8.85. The van der Waals surface area contributed by atoms with Crippen molar-refractivity contribution < 1.29 is 0 Å². The zero-order chi connectivity index (χ0) is 13.3. The fourth-order valence-electron chi connectivity index (χ4n) is 1.87. The molecule has 1 aliphatic heterocycles. The highest BCUT2D eigenvalue weighted by atomic mass is 35.5. The summed E-state index contributed by atoms with van der Waals surface area (Å²) < 4.78 is -0.249. The lowest BCUT2D eigenvalue weighted by Crippen LogP contribution is -2.22. The molecule has 0 saturated carbocycles. The average Bonchev–Trinajstić information content (AvgIpc) is 2.66. The van der Waals surface area contributed by atoms with Crippen molar-refractivity contribution in [2.75, 3.05) is 5.75 Å². The quantitative estimate of drug-likeness (QED) is 0.744. The molecule has 1 nitrogen and oxygen atoms in total. The normalized spacial score (nSPS) is 27.4. The minimum atomic E-state index is -0.249. The Kier molecular flexibility index (Phi) is 4.82. The van der Waals surface area contributed by atoms with Gasteiger partial charge in [-0.25, -0.2) is 0 Å². The Balaban J connectivity index is 2.31. The molecule has 18 heavy (non-hydrogen) atoms. The molecule has 2 unspecified atom stereocenters. The highest BCUT2D eigenvalue weighted by Gasteiger charge is 2.38. The first-order valence-corrected chi connectivity index (χ1v) is 8.42. The molecule has 98 valence electrons. The third-order valence-corrected chi connectivity index (χ3v) is 7.11. The van der Waals surface area contributed by atoms with Crippen LogP contribution in [0.25, 0.3) is 0 Å². The minimum absolute atomic E-state index is 0.249. The zero-order valence-electron chi connectivity index (χ0n) is 9.67. The van der Waals surface area contributed by atoms with Gasteiger partial charge in [0.2, 0.25) is 0 Å². The van der Waals surface area contributed by atoms with E-state index in [0.717, 1.165) is 11.3 Å². The molecule has 6 heteroatoms. The van der Waals surface area contributed by atoms with Gasteiger partial charge in [-0.3, -0.25) is 0 Å². The Labute approximate surface area is 130 Å². The Bertz CT molecular complexity index is 457. The van der Waals surface area contributed by atoms with Gasteiger partial charge in [-0.1, -0.05) is 41.7 Å². The number of benzene rings is 1. The Morgan fingerprint density at radius 1 is 1.39 bits per heavy atom. The van der Waals surface area contributed by atoms with E-state index in [9.17, 15) is 0 Å². The van der Waals surface area contributed by atoms with Gasteiger partial charge in [0.1, 0.15) is 0 Å². The van der Waals surface area contributed by atoms with Crippen molar-refractivity contribution >= 4 is 64.5 Å². The van der Waals surface area contributed by atoms with Crippen LogP contribution in [0.3, 0.4) is 0 Å². The number of rotatable bonds is 3. The van der Waals surface area contributed by atoms with Crippen molar-refractivity contribution in [1.82, 2.24) is 0 Å². The second-order valence-electron chi connectivity index (χ2n) is 4.22. The molecular formula is C12H12Cl3NS2. The van der Waals surface area contributed by atoms with Gasteiger partial charge in [0.25, 0.3) is 0 Å². The molecule has 0 spiro atoms. The summed E-state index contributed by atoms with van der Waals surface area (Å²) >= 11 is 21.9. The smallest absolute Gasteiger partial charge is 0.0998 e. The van der Waals surface area contributed by atoms with E-state index in [0.29, 0.717) is 26.7 Å². The van der Waals surface area contributed by atoms with Crippen LogP contribution in [-0.2, 0) is 6.42 Å². The van der Waals surface area contributed by atoms with Crippen LogP contribution in [0.15, 0.2) is 12.1 Å². The average molecular weight is 341 g/mol. The summed E-state index contributed by atoms with van der Waals surface area (Å²) in [5.41, 5.74) is 0.875. The van der Waals surface area contributed by atoms with Crippen LogP contribution in [-0.4, -0.2) is 21.3 Å². The van der Waals surface area contributed by atoms with Gasteiger partial charge in [0, 0.05) is 38.7 Å². The maximum Gasteiger partial charge on any atom is 0.0998 e. The van der Waals surface area contributed by atoms with Crippen molar-refractivity contribution in [1.29, 1.82) is 5.41 Å². The van der Waals surface area contributed by atoms with E-state index in [1.54, 1.807) is 35.7 Å². The molecule has 0 aliphatic carbocycles. The van der Waals surface area contributed by atoms with Crippen LogP contribution in [0.5, 0.6) is 0 Å². The van der Waals surface area contributed by atoms with Gasteiger partial charge in [0.15, 0.2) is 0 Å². The summed E-state index contributed by atoms with van der Waals surface area (Å²) in [7, 11) is 0. The first-order valence-electron chi connectivity index (χ1n) is 5.42. The number of thioether (sulfide) groups is 2. The van der Waals surface area contributed by atoms with Gasteiger partial charge in [-0.05, 0) is 17.7 Å². The summed E-state index contributed by atoms with van der Waals surface area (Å²) in [6.07, 6.45) is 2.16. The lowest BCUT2D eigenvalue weighted by Gasteiger charge is -2.23. The van der Waals surface area contributed by atoms with Crippen LogP contribution in [0.4, 0.5) is 0 Å². The lowest BCUT2D eigenvalue weighted by molar-refractivity contribution is 1.02. The van der Waals surface area contributed by atoms with Crippen LogP contribution >= 0.6 is 58.3 Å². The largest absolute Gasteiger partial charge is 0.311 e. The van der Waals surface area contributed by atoms with Crippen molar-refractivity contribution in [2.24, 2.45) is 0 Å². The molecule has 2 rings (SSSR count). The highest BCUT2D eigenvalue weighted by Crippen LogP contribution is 2.50. The molecule has 1 aliphatic rings. The number of hydrogen-bond acceptors (Lipinski definition) is 3. The summed E-state index contributed by atoms with van der Waals surface area (Å²) in [6.45, 7) is 2.17. The topological polar surface area (TPSA) is 23.9 Å². The molecule has 0 amide bonds. The Morgan fingerprint density at radius 3 is 2.44 bits per heavy atom. The van der Waals surface area contributed by atoms with Gasteiger partial charge in [-0.2, -0.15) is 0 Å². The summed E-state index contributed by atoms with van der Waals surface area (Å²) in [6, 6.07) is 3.41. The molecule has 1 saturated heterocycles. The van der Waals surface area contributed by atoms with E-state index < -0.39 is 0 Å². The van der Waals surface area contributed by atoms with E-state index >= 15 is 0 Å². The van der Waals surface area contributed by atoms with E-state index in [-0.39, 0.29) is 4.08 Å². The Hall–Kier alpha value is 0.460. The second kappa shape index (κ2) is 5.84. The van der Waals surface area contributed by atoms with Crippen LogP contribution in [0.1, 0.15) is 12.5 Å². The first kappa shape index (κ1) is 14.9. The molecule has 0 aromatic heterocycles. The van der Waals surface area contributed by atoms with Crippen LogP contribution in [0, 0.1) is 5.41 Å².